The molecule has 0 saturated heterocycles. The predicted molar refractivity (Wildman–Crippen MR) is 68.2 cm³/mol. The molecule has 1 heterocycles. The number of rotatable bonds is 6. The van der Waals surface area contributed by atoms with Gasteiger partial charge in [-0.3, -0.25) is 4.98 Å². The van der Waals surface area contributed by atoms with E-state index in [4.69, 9.17) is 14.2 Å². The van der Waals surface area contributed by atoms with Gasteiger partial charge in [0, 0.05) is 12.4 Å². The largest absolute Gasteiger partial charge is 0.497 e. The summed E-state index contributed by atoms with van der Waals surface area (Å²) in [5.74, 6) is 2.41. The van der Waals surface area contributed by atoms with Crippen LogP contribution in [0.25, 0.3) is 0 Å². The van der Waals surface area contributed by atoms with Crippen LogP contribution in [-0.4, -0.2) is 25.3 Å². The minimum Gasteiger partial charge on any atom is -0.497 e. The van der Waals surface area contributed by atoms with Crippen molar-refractivity contribution in [2.24, 2.45) is 0 Å². The summed E-state index contributed by atoms with van der Waals surface area (Å²) in [6, 6.07) is 11.1. The second-order valence-corrected chi connectivity index (χ2v) is 3.56. The monoisotopic (exact) mass is 245 g/mol. The molecule has 2 aromatic rings. The molecule has 1 aromatic carbocycles. The van der Waals surface area contributed by atoms with Crippen molar-refractivity contribution in [2.45, 2.75) is 0 Å². The van der Waals surface area contributed by atoms with Crippen LogP contribution < -0.4 is 14.2 Å². The van der Waals surface area contributed by atoms with Gasteiger partial charge in [-0.2, -0.15) is 0 Å². The Morgan fingerprint density at radius 1 is 0.778 bits per heavy atom. The van der Waals surface area contributed by atoms with Gasteiger partial charge in [-0.1, -0.05) is 0 Å². The Morgan fingerprint density at radius 2 is 1.28 bits per heavy atom. The van der Waals surface area contributed by atoms with Crippen molar-refractivity contribution in [3.63, 3.8) is 0 Å². The van der Waals surface area contributed by atoms with E-state index in [1.807, 2.05) is 36.4 Å². The Labute approximate surface area is 106 Å². The summed E-state index contributed by atoms with van der Waals surface area (Å²) in [6.07, 6.45) is 3.39. The smallest absolute Gasteiger partial charge is 0.122 e. The number of ether oxygens (including phenoxy) is 3. The Bertz CT molecular complexity index is 456. The van der Waals surface area contributed by atoms with Crippen molar-refractivity contribution in [3.05, 3.63) is 48.8 Å². The van der Waals surface area contributed by atoms with E-state index in [0.717, 1.165) is 17.2 Å². The third kappa shape index (κ3) is 3.66. The average Bonchev–Trinajstić information content (AvgIpc) is 2.45. The summed E-state index contributed by atoms with van der Waals surface area (Å²) in [5.41, 5.74) is 0. The third-order valence-corrected chi connectivity index (χ3v) is 2.33. The molecule has 18 heavy (non-hydrogen) atoms. The molecule has 0 N–H and O–H groups in total. The van der Waals surface area contributed by atoms with E-state index in [2.05, 4.69) is 4.98 Å². The molecule has 0 bridgehead atoms. The van der Waals surface area contributed by atoms with Crippen molar-refractivity contribution in [3.8, 4) is 17.2 Å². The van der Waals surface area contributed by atoms with Gasteiger partial charge in [-0.05, 0) is 36.4 Å². The zero-order valence-electron chi connectivity index (χ0n) is 10.2. The van der Waals surface area contributed by atoms with E-state index in [1.54, 1.807) is 19.5 Å². The molecule has 0 unspecified atom stereocenters. The quantitative estimate of drug-likeness (QED) is 0.733. The lowest BCUT2D eigenvalue weighted by molar-refractivity contribution is 0.217. The van der Waals surface area contributed by atoms with Gasteiger partial charge < -0.3 is 14.2 Å². The summed E-state index contributed by atoms with van der Waals surface area (Å²) in [5, 5.41) is 0. The zero-order chi connectivity index (χ0) is 12.6. The molecule has 4 heteroatoms. The Morgan fingerprint density at radius 3 is 1.83 bits per heavy atom. The van der Waals surface area contributed by atoms with Gasteiger partial charge in [0.25, 0.3) is 0 Å². The summed E-state index contributed by atoms with van der Waals surface area (Å²) in [4.78, 5) is 3.91. The van der Waals surface area contributed by atoms with Crippen molar-refractivity contribution in [2.75, 3.05) is 20.3 Å². The summed E-state index contributed by atoms with van der Waals surface area (Å²) < 4.78 is 16.1. The first-order chi connectivity index (χ1) is 8.88. The second-order valence-electron chi connectivity index (χ2n) is 3.56. The number of pyridine rings is 1. The highest BCUT2D eigenvalue weighted by molar-refractivity contribution is 5.31. The molecule has 0 aliphatic heterocycles. The van der Waals surface area contributed by atoms with E-state index in [9.17, 15) is 0 Å². The van der Waals surface area contributed by atoms with Gasteiger partial charge in [0.2, 0.25) is 0 Å². The normalized spacial score (nSPS) is 9.83. The summed E-state index contributed by atoms with van der Waals surface area (Å²) >= 11 is 0. The van der Waals surface area contributed by atoms with E-state index < -0.39 is 0 Å². The molecule has 94 valence electrons. The fourth-order valence-electron chi connectivity index (χ4n) is 1.43. The second kappa shape index (κ2) is 6.49. The number of aromatic nitrogens is 1. The molecular formula is C14H15NO3. The van der Waals surface area contributed by atoms with E-state index in [1.165, 1.54) is 0 Å². The van der Waals surface area contributed by atoms with Gasteiger partial charge in [0.15, 0.2) is 0 Å². The van der Waals surface area contributed by atoms with Crippen LogP contribution in [0.4, 0.5) is 0 Å². The van der Waals surface area contributed by atoms with E-state index in [0.29, 0.717) is 13.2 Å². The molecule has 0 amide bonds. The first-order valence-electron chi connectivity index (χ1n) is 5.68. The maximum Gasteiger partial charge on any atom is 0.122 e. The number of hydrogen-bond donors (Lipinski definition) is 0. The average molecular weight is 245 g/mol. The fraction of sp³-hybridized carbons (Fsp3) is 0.214. The van der Waals surface area contributed by atoms with Gasteiger partial charge in [0.05, 0.1) is 7.11 Å². The van der Waals surface area contributed by atoms with Gasteiger partial charge in [-0.25, -0.2) is 0 Å². The first kappa shape index (κ1) is 12.2. The third-order valence-electron chi connectivity index (χ3n) is 2.33. The van der Waals surface area contributed by atoms with Crippen molar-refractivity contribution in [1.82, 2.24) is 4.98 Å². The molecule has 0 spiro atoms. The van der Waals surface area contributed by atoms with Gasteiger partial charge in [0.1, 0.15) is 30.5 Å². The van der Waals surface area contributed by atoms with Crippen LogP contribution in [0.2, 0.25) is 0 Å². The molecule has 0 fully saturated rings. The van der Waals surface area contributed by atoms with Crippen LogP contribution in [0, 0.1) is 0 Å². The zero-order valence-corrected chi connectivity index (χ0v) is 10.2. The van der Waals surface area contributed by atoms with Crippen molar-refractivity contribution < 1.29 is 14.2 Å². The molecule has 0 saturated carbocycles. The molecule has 0 radical (unpaired) electrons. The highest BCUT2D eigenvalue weighted by Gasteiger charge is 1.96. The van der Waals surface area contributed by atoms with Crippen molar-refractivity contribution >= 4 is 0 Å². The van der Waals surface area contributed by atoms with Crippen LogP contribution in [0.3, 0.4) is 0 Å². The van der Waals surface area contributed by atoms with E-state index >= 15 is 0 Å². The number of benzene rings is 1. The lowest BCUT2D eigenvalue weighted by Crippen LogP contribution is -2.08. The van der Waals surface area contributed by atoms with Crippen LogP contribution in [-0.2, 0) is 0 Å². The predicted octanol–water partition coefficient (Wildman–Crippen LogP) is 2.55. The topological polar surface area (TPSA) is 40.6 Å². The SMILES string of the molecule is COc1ccc(OCCOc2ccncc2)cc1. The number of nitrogens with zero attached hydrogens (tertiary/aromatic N) is 1. The molecule has 0 aliphatic rings. The highest BCUT2D eigenvalue weighted by Crippen LogP contribution is 2.16. The van der Waals surface area contributed by atoms with Crippen molar-refractivity contribution in [1.29, 1.82) is 0 Å². The molecule has 4 nitrogen and oxygen atoms in total. The molecule has 0 aliphatic carbocycles. The lowest BCUT2D eigenvalue weighted by atomic mass is 10.3. The molecule has 1 aromatic heterocycles. The molecule has 0 atom stereocenters. The molecule has 2 rings (SSSR count). The Kier molecular flexibility index (Phi) is 4.41. The summed E-state index contributed by atoms with van der Waals surface area (Å²) in [7, 11) is 1.64. The standard InChI is InChI=1S/C14H15NO3/c1-16-12-2-4-13(5-3-12)17-10-11-18-14-6-8-15-9-7-14/h2-9H,10-11H2,1H3. The minimum absolute atomic E-state index is 0.495. The molecular weight excluding hydrogens is 230 g/mol. The van der Waals surface area contributed by atoms with Crippen LogP contribution in [0.15, 0.2) is 48.8 Å². The Hall–Kier alpha value is -2.23. The maximum absolute atomic E-state index is 5.53. The summed E-state index contributed by atoms with van der Waals surface area (Å²) in [6.45, 7) is 0.991. The van der Waals surface area contributed by atoms with Gasteiger partial charge >= 0.3 is 0 Å². The Balaban J connectivity index is 1.72. The lowest BCUT2D eigenvalue weighted by Gasteiger charge is -2.08. The minimum atomic E-state index is 0.495. The van der Waals surface area contributed by atoms with Crippen LogP contribution >= 0.6 is 0 Å². The van der Waals surface area contributed by atoms with E-state index in [-0.39, 0.29) is 0 Å². The van der Waals surface area contributed by atoms with Gasteiger partial charge in [-0.15, -0.1) is 0 Å². The fourth-order valence-corrected chi connectivity index (χ4v) is 1.43. The first-order valence-corrected chi connectivity index (χ1v) is 5.68. The maximum atomic E-state index is 5.53. The number of methoxy groups -OCH3 is 1. The van der Waals surface area contributed by atoms with Crippen LogP contribution in [0.1, 0.15) is 0 Å². The van der Waals surface area contributed by atoms with Crippen LogP contribution in [0.5, 0.6) is 17.2 Å². The number of hydrogen-bond acceptors (Lipinski definition) is 4. The highest BCUT2D eigenvalue weighted by atomic mass is 16.5.